The average Bonchev–Trinajstić information content (AvgIpc) is 3.21. The Balaban J connectivity index is 1.61. The Kier molecular flexibility index (Phi) is 6.51. The lowest BCUT2D eigenvalue weighted by Gasteiger charge is -2.13. The minimum absolute atomic E-state index is 0.0377. The normalized spacial score (nSPS) is 15.0. The van der Waals surface area contributed by atoms with Crippen LogP contribution in [0.1, 0.15) is 33.6 Å². The summed E-state index contributed by atoms with van der Waals surface area (Å²) in [6.45, 7) is 8.17. The monoisotopic (exact) mass is 539 g/mol. The maximum Gasteiger partial charge on any atom is 0.293 e. The Bertz CT molecular complexity index is 1350. The molecule has 0 saturated carbocycles. The van der Waals surface area contributed by atoms with Crippen LogP contribution >= 0.6 is 27.7 Å². The number of hydrogen-bond acceptors (Lipinski definition) is 5. The van der Waals surface area contributed by atoms with E-state index in [1.165, 1.54) is 12.1 Å². The number of aromatic nitrogens is 1. The van der Waals surface area contributed by atoms with Crippen molar-refractivity contribution in [1.82, 2.24) is 9.47 Å². The van der Waals surface area contributed by atoms with Crippen LogP contribution in [-0.4, -0.2) is 25.5 Å². The zero-order chi connectivity index (χ0) is 24.7. The molecule has 1 aromatic heterocycles. The molecule has 0 bridgehead atoms. The molecule has 1 fully saturated rings. The standard InChI is InChI=1S/C25H22BrN3O4S/c1-14-9-21(10-15(2)23(14)26)28-16(3)11-19(17(28)4)12-22-24(30)27(25(31)34-22)13-18-5-7-20(8-6-18)29(32)33/h5-12H,13H2,1-4H3/b22-12-. The number of benzene rings is 2. The average molecular weight is 540 g/mol. The molecule has 2 amide bonds. The number of carbonyl (C=O) groups excluding carboxylic acids is 2. The van der Waals surface area contributed by atoms with E-state index >= 15 is 0 Å². The van der Waals surface area contributed by atoms with Gasteiger partial charge in [0.05, 0.1) is 16.4 Å². The summed E-state index contributed by atoms with van der Waals surface area (Å²) in [5.41, 5.74) is 6.79. The van der Waals surface area contributed by atoms with Crippen LogP contribution in [0.2, 0.25) is 0 Å². The summed E-state index contributed by atoms with van der Waals surface area (Å²) >= 11 is 4.52. The number of rotatable bonds is 5. The number of aryl methyl sites for hydroxylation is 3. The van der Waals surface area contributed by atoms with E-state index in [9.17, 15) is 19.7 Å². The van der Waals surface area contributed by atoms with Crippen LogP contribution in [0.15, 0.2) is 51.8 Å². The van der Waals surface area contributed by atoms with Gasteiger partial charge in [0.25, 0.3) is 16.8 Å². The van der Waals surface area contributed by atoms with Crippen molar-refractivity contribution < 1.29 is 14.5 Å². The minimum atomic E-state index is -0.486. The fourth-order valence-electron chi connectivity index (χ4n) is 4.07. The van der Waals surface area contributed by atoms with E-state index in [0.29, 0.717) is 10.5 Å². The molecule has 3 aromatic rings. The van der Waals surface area contributed by atoms with Crippen molar-refractivity contribution in [2.75, 3.05) is 0 Å². The van der Waals surface area contributed by atoms with Crippen molar-refractivity contribution in [3.8, 4) is 5.69 Å². The highest BCUT2D eigenvalue weighted by Gasteiger charge is 2.35. The molecule has 0 N–H and O–H groups in total. The van der Waals surface area contributed by atoms with Gasteiger partial charge in [0.15, 0.2) is 0 Å². The lowest BCUT2D eigenvalue weighted by atomic mass is 10.1. The van der Waals surface area contributed by atoms with Crippen LogP contribution < -0.4 is 0 Å². The lowest BCUT2D eigenvalue weighted by Crippen LogP contribution is -2.27. The van der Waals surface area contributed by atoms with E-state index in [0.717, 1.165) is 54.9 Å². The van der Waals surface area contributed by atoms with Gasteiger partial charge in [-0.2, -0.15) is 0 Å². The van der Waals surface area contributed by atoms with Crippen molar-refractivity contribution in [1.29, 1.82) is 0 Å². The van der Waals surface area contributed by atoms with Crippen LogP contribution in [0.25, 0.3) is 11.8 Å². The smallest absolute Gasteiger partial charge is 0.293 e. The molecule has 0 atom stereocenters. The summed E-state index contributed by atoms with van der Waals surface area (Å²) in [4.78, 5) is 37.4. The van der Waals surface area contributed by atoms with Crippen molar-refractivity contribution in [2.24, 2.45) is 0 Å². The fourth-order valence-corrected chi connectivity index (χ4v) is 5.12. The zero-order valence-corrected chi connectivity index (χ0v) is 21.5. The maximum absolute atomic E-state index is 13.0. The van der Waals surface area contributed by atoms with Crippen LogP contribution in [0, 0.1) is 37.8 Å². The van der Waals surface area contributed by atoms with E-state index < -0.39 is 4.92 Å². The Morgan fingerprint density at radius 3 is 2.24 bits per heavy atom. The fraction of sp³-hybridized carbons (Fsp3) is 0.200. The molecule has 0 unspecified atom stereocenters. The molecule has 1 aliphatic rings. The van der Waals surface area contributed by atoms with E-state index in [2.05, 4.69) is 46.5 Å². The van der Waals surface area contributed by atoms with Gasteiger partial charge in [0.2, 0.25) is 0 Å². The molecular weight excluding hydrogens is 518 g/mol. The molecule has 4 rings (SSSR count). The summed E-state index contributed by atoms with van der Waals surface area (Å²) in [5.74, 6) is -0.367. The van der Waals surface area contributed by atoms with E-state index in [1.54, 1.807) is 18.2 Å². The highest BCUT2D eigenvalue weighted by atomic mass is 79.9. The van der Waals surface area contributed by atoms with Gasteiger partial charge in [-0.15, -0.1) is 0 Å². The van der Waals surface area contributed by atoms with Gasteiger partial charge < -0.3 is 4.57 Å². The first kappa shape index (κ1) is 24.0. The second-order valence-electron chi connectivity index (χ2n) is 8.25. The SMILES string of the molecule is Cc1cc(-n2c(C)cc(/C=C3\SC(=O)N(Cc4ccc([N+](=O)[O-])cc4)C3=O)c2C)cc(C)c1Br. The minimum Gasteiger partial charge on any atom is -0.318 e. The Morgan fingerprint density at radius 1 is 1.03 bits per heavy atom. The van der Waals surface area contributed by atoms with E-state index in [1.807, 2.05) is 19.9 Å². The van der Waals surface area contributed by atoms with Gasteiger partial charge in [0, 0.05) is 33.7 Å². The first-order chi connectivity index (χ1) is 16.1. The number of carbonyl (C=O) groups is 2. The predicted molar refractivity (Wildman–Crippen MR) is 137 cm³/mol. The summed E-state index contributed by atoms with van der Waals surface area (Å²) in [6, 6.07) is 12.1. The second kappa shape index (κ2) is 9.23. The number of thioether (sulfide) groups is 1. The Morgan fingerprint density at radius 2 is 1.65 bits per heavy atom. The number of nitro benzene ring substituents is 1. The Labute approximate surface area is 209 Å². The number of halogens is 1. The molecule has 0 radical (unpaired) electrons. The molecule has 0 spiro atoms. The third-order valence-corrected chi connectivity index (χ3v) is 7.96. The molecule has 1 aliphatic heterocycles. The first-order valence-corrected chi connectivity index (χ1v) is 12.1. The number of non-ortho nitro benzene ring substituents is 1. The van der Waals surface area contributed by atoms with Crippen LogP contribution in [0.4, 0.5) is 10.5 Å². The third-order valence-electron chi connectivity index (χ3n) is 5.80. The second-order valence-corrected chi connectivity index (χ2v) is 10.0. The first-order valence-electron chi connectivity index (χ1n) is 10.5. The summed E-state index contributed by atoms with van der Waals surface area (Å²) in [5, 5.41) is 10.5. The lowest BCUT2D eigenvalue weighted by molar-refractivity contribution is -0.384. The maximum atomic E-state index is 13.0. The predicted octanol–water partition coefficient (Wildman–Crippen LogP) is 6.62. The molecule has 7 nitrogen and oxygen atoms in total. The molecule has 0 aliphatic carbocycles. The van der Waals surface area contributed by atoms with Crippen molar-refractivity contribution in [3.63, 3.8) is 0 Å². The van der Waals surface area contributed by atoms with Crippen molar-refractivity contribution >= 4 is 50.6 Å². The van der Waals surface area contributed by atoms with E-state index in [4.69, 9.17) is 0 Å². The highest BCUT2D eigenvalue weighted by Crippen LogP contribution is 2.35. The Hall–Kier alpha value is -3.17. The molecule has 174 valence electrons. The quantitative estimate of drug-likeness (QED) is 0.206. The van der Waals surface area contributed by atoms with Gasteiger partial charge in [0.1, 0.15) is 0 Å². The third kappa shape index (κ3) is 4.45. The van der Waals surface area contributed by atoms with Crippen LogP contribution in [0.3, 0.4) is 0 Å². The van der Waals surface area contributed by atoms with Crippen LogP contribution in [-0.2, 0) is 11.3 Å². The van der Waals surface area contributed by atoms with Gasteiger partial charge in [-0.1, -0.05) is 28.1 Å². The largest absolute Gasteiger partial charge is 0.318 e. The van der Waals surface area contributed by atoms with Crippen molar-refractivity contribution in [3.05, 3.63) is 95.6 Å². The topological polar surface area (TPSA) is 85.4 Å². The summed E-state index contributed by atoms with van der Waals surface area (Å²) in [7, 11) is 0. The molecular formula is C25H22BrN3O4S. The van der Waals surface area contributed by atoms with Gasteiger partial charge in [-0.25, -0.2) is 0 Å². The summed E-state index contributed by atoms with van der Waals surface area (Å²) in [6.07, 6.45) is 1.76. The molecule has 1 saturated heterocycles. The molecule has 2 aromatic carbocycles. The number of imide groups is 1. The number of hydrogen-bond donors (Lipinski definition) is 0. The number of amides is 2. The molecule has 2 heterocycles. The van der Waals surface area contributed by atoms with Gasteiger partial charge in [-0.3, -0.25) is 24.6 Å². The highest BCUT2D eigenvalue weighted by molar-refractivity contribution is 9.10. The number of nitro groups is 1. The van der Waals surface area contributed by atoms with Crippen molar-refractivity contribution in [2.45, 2.75) is 34.2 Å². The zero-order valence-electron chi connectivity index (χ0n) is 19.1. The van der Waals surface area contributed by atoms with Gasteiger partial charge >= 0.3 is 0 Å². The molecule has 34 heavy (non-hydrogen) atoms. The summed E-state index contributed by atoms with van der Waals surface area (Å²) < 4.78 is 3.22. The number of nitrogens with zero attached hydrogens (tertiary/aromatic N) is 3. The van der Waals surface area contributed by atoms with Gasteiger partial charge in [-0.05, 0) is 86.0 Å². The molecule has 9 heteroatoms. The van der Waals surface area contributed by atoms with E-state index in [-0.39, 0.29) is 23.4 Å². The van der Waals surface area contributed by atoms with Crippen LogP contribution in [0.5, 0.6) is 0 Å².